The Morgan fingerprint density at radius 2 is 2.08 bits per heavy atom. The number of thioether (sulfide) groups is 1. The minimum atomic E-state index is -0.497. The standard InChI is InChI=1S/C17H16N4O3S/c1-11(25-12-5-3-2-4-6-12)9-18-15-8-14-13(7-16(15)21(23)24)17(22)20-10-19-14/h2-8,10-11,18H,9H2,1H3,(H,19,20,22). The van der Waals surface area contributed by atoms with Gasteiger partial charge in [-0.05, 0) is 18.2 Å². The number of nitrogens with one attached hydrogen (secondary N) is 2. The zero-order chi connectivity index (χ0) is 17.8. The van der Waals surface area contributed by atoms with Gasteiger partial charge in [0.1, 0.15) is 5.69 Å². The fraction of sp³-hybridized carbons (Fsp3) is 0.176. The van der Waals surface area contributed by atoms with Crippen LogP contribution in [-0.4, -0.2) is 26.7 Å². The summed E-state index contributed by atoms with van der Waals surface area (Å²) in [5, 5.41) is 14.9. The molecule has 7 nitrogen and oxygen atoms in total. The second-order valence-corrected chi connectivity index (χ2v) is 7.01. The van der Waals surface area contributed by atoms with Crippen molar-refractivity contribution in [1.29, 1.82) is 0 Å². The summed E-state index contributed by atoms with van der Waals surface area (Å²) >= 11 is 1.68. The van der Waals surface area contributed by atoms with Crippen molar-refractivity contribution in [3.8, 4) is 0 Å². The zero-order valence-electron chi connectivity index (χ0n) is 13.4. The lowest BCUT2D eigenvalue weighted by Gasteiger charge is -2.14. The molecule has 128 valence electrons. The molecule has 0 spiro atoms. The minimum Gasteiger partial charge on any atom is -0.378 e. The summed E-state index contributed by atoms with van der Waals surface area (Å²) in [6.45, 7) is 2.58. The summed E-state index contributed by atoms with van der Waals surface area (Å²) in [6, 6.07) is 12.8. The average molecular weight is 356 g/mol. The van der Waals surface area contributed by atoms with E-state index in [1.807, 2.05) is 37.3 Å². The van der Waals surface area contributed by atoms with Crippen LogP contribution in [0.25, 0.3) is 10.9 Å². The molecule has 0 saturated carbocycles. The van der Waals surface area contributed by atoms with E-state index in [1.54, 1.807) is 17.8 Å². The summed E-state index contributed by atoms with van der Waals surface area (Å²) in [4.78, 5) is 30.3. The van der Waals surface area contributed by atoms with Crippen LogP contribution in [-0.2, 0) is 0 Å². The fourth-order valence-corrected chi connectivity index (χ4v) is 3.37. The summed E-state index contributed by atoms with van der Waals surface area (Å²) in [7, 11) is 0. The highest BCUT2D eigenvalue weighted by atomic mass is 32.2. The van der Waals surface area contributed by atoms with Crippen LogP contribution < -0.4 is 10.9 Å². The van der Waals surface area contributed by atoms with Gasteiger partial charge in [0.25, 0.3) is 11.2 Å². The number of anilines is 1. The molecule has 1 atom stereocenters. The second kappa shape index (κ2) is 7.35. The lowest BCUT2D eigenvalue weighted by atomic mass is 10.2. The monoisotopic (exact) mass is 356 g/mol. The topological polar surface area (TPSA) is 101 Å². The third kappa shape index (κ3) is 3.97. The van der Waals surface area contributed by atoms with E-state index in [-0.39, 0.29) is 16.3 Å². The van der Waals surface area contributed by atoms with Gasteiger partial charge >= 0.3 is 0 Å². The van der Waals surface area contributed by atoms with E-state index >= 15 is 0 Å². The number of hydrogen-bond donors (Lipinski definition) is 2. The van der Waals surface area contributed by atoms with Gasteiger partial charge in [-0.1, -0.05) is 25.1 Å². The van der Waals surface area contributed by atoms with Crippen molar-refractivity contribution >= 4 is 34.0 Å². The molecule has 2 aromatic carbocycles. The van der Waals surface area contributed by atoms with Crippen LogP contribution in [0, 0.1) is 10.1 Å². The first-order valence-electron chi connectivity index (χ1n) is 7.66. The number of H-pyrrole nitrogens is 1. The number of nitrogens with zero attached hydrogens (tertiary/aromatic N) is 2. The van der Waals surface area contributed by atoms with Gasteiger partial charge in [-0.3, -0.25) is 14.9 Å². The summed E-state index contributed by atoms with van der Waals surface area (Å²) in [6.07, 6.45) is 1.29. The van der Waals surface area contributed by atoms with Gasteiger partial charge in [-0.15, -0.1) is 11.8 Å². The Morgan fingerprint density at radius 3 is 2.80 bits per heavy atom. The molecule has 3 rings (SSSR count). The van der Waals surface area contributed by atoms with Crippen molar-refractivity contribution in [2.24, 2.45) is 0 Å². The van der Waals surface area contributed by atoms with Crippen LogP contribution in [0.2, 0.25) is 0 Å². The van der Waals surface area contributed by atoms with Gasteiger partial charge in [0.05, 0.1) is 22.2 Å². The Balaban J connectivity index is 1.81. The van der Waals surface area contributed by atoms with E-state index < -0.39 is 10.5 Å². The highest BCUT2D eigenvalue weighted by molar-refractivity contribution is 8.00. The van der Waals surface area contributed by atoms with Gasteiger partial charge in [-0.25, -0.2) is 4.98 Å². The molecule has 8 heteroatoms. The first kappa shape index (κ1) is 17.0. The van der Waals surface area contributed by atoms with E-state index in [1.165, 1.54) is 12.4 Å². The third-order valence-corrected chi connectivity index (χ3v) is 4.73. The molecule has 1 unspecified atom stereocenters. The molecule has 0 fully saturated rings. The molecule has 0 aliphatic carbocycles. The number of aromatic amines is 1. The predicted octanol–water partition coefficient (Wildman–Crippen LogP) is 3.42. The second-order valence-electron chi connectivity index (χ2n) is 5.50. The van der Waals surface area contributed by atoms with E-state index in [9.17, 15) is 14.9 Å². The Labute approximate surface area is 147 Å². The van der Waals surface area contributed by atoms with E-state index in [2.05, 4.69) is 15.3 Å². The van der Waals surface area contributed by atoms with Crippen molar-refractivity contribution in [1.82, 2.24) is 9.97 Å². The molecular weight excluding hydrogens is 340 g/mol. The highest BCUT2D eigenvalue weighted by Gasteiger charge is 2.17. The lowest BCUT2D eigenvalue weighted by molar-refractivity contribution is -0.383. The van der Waals surface area contributed by atoms with Crippen LogP contribution in [0.4, 0.5) is 11.4 Å². The molecule has 1 heterocycles. The van der Waals surface area contributed by atoms with Gasteiger partial charge in [-0.2, -0.15) is 0 Å². The van der Waals surface area contributed by atoms with E-state index in [0.717, 1.165) is 4.90 Å². The molecule has 0 aliphatic rings. The fourth-order valence-electron chi connectivity index (χ4n) is 2.42. The maximum atomic E-state index is 11.8. The smallest absolute Gasteiger partial charge is 0.293 e. The Hall–Kier alpha value is -2.87. The summed E-state index contributed by atoms with van der Waals surface area (Å²) < 4.78 is 0. The third-order valence-electron chi connectivity index (χ3n) is 3.62. The predicted molar refractivity (Wildman–Crippen MR) is 99.3 cm³/mol. The number of rotatable bonds is 6. The molecule has 25 heavy (non-hydrogen) atoms. The molecule has 0 bridgehead atoms. The van der Waals surface area contributed by atoms with Gasteiger partial charge in [0.15, 0.2) is 0 Å². The van der Waals surface area contributed by atoms with Gasteiger partial charge in [0.2, 0.25) is 0 Å². The maximum absolute atomic E-state index is 11.8. The molecule has 0 aliphatic heterocycles. The molecule has 1 aromatic heterocycles. The number of nitro benzene ring substituents is 1. The Bertz CT molecular complexity index is 959. The van der Waals surface area contributed by atoms with Gasteiger partial charge in [0, 0.05) is 22.8 Å². The van der Waals surface area contributed by atoms with Crippen molar-refractivity contribution in [2.45, 2.75) is 17.1 Å². The number of hydrogen-bond acceptors (Lipinski definition) is 6. The average Bonchev–Trinajstić information content (AvgIpc) is 2.60. The number of benzene rings is 2. The van der Waals surface area contributed by atoms with E-state index in [0.29, 0.717) is 17.7 Å². The van der Waals surface area contributed by atoms with Crippen molar-refractivity contribution in [3.05, 3.63) is 69.3 Å². The van der Waals surface area contributed by atoms with Crippen LogP contribution in [0.5, 0.6) is 0 Å². The minimum absolute atomic E-state index is 0.136. The highest BCUT2D eigenvalue weighted by Crippen LogP contribution is 2.29. The first-order valence-corrected chi connectivity index (χ1v) is 8.54. The first-order chi connectivity index (χ1) is 12.0. The maximum Gasteiger partial charge on any atom is 0.293 e. The normalized spacial score (nSPS) is 12.0. The van der Waals surface area contributed by atoms with E-state index in [4.69, 9.17) is 0 Å². The molecule has 0 amide bonds. The summed E-state index contributed by atoms with van der Waals surface area (Å²) in [5.41, 5.74) is 0.242. The molecule has 3 aromatic rings. The number of aromatic nitrogens is 2. The van der Waals surface area contributed by atoms with Crippen LogP contribution >= 0.6 is 11.8 Å². The van der Waals surface area contributed by atoms with Crippen LogP contribution in [0.15, 0.2) is 58.5 Å². The number of nitro groups is 1. The van der Waals surface area contributed by atoms with Crippen LogP contribution in [0.1, 0.15) is 6.92 Å². The Kier molecular flexibility index (Phi) is 4.99. The molecule has 2 N–H and O–H groups in total. The summed E-state index contributed by atoms with van der Waals surface area (Å²) in [5.74, 6) is 0. The van der Waals surface area contributed by atoms with Gasteiger partial charge < -0.3 is 10.3 Å². The molecule has 0 radical (unpaired) electrons. The van der Waals surface area contributed by atoms with Crippen molar-refractivity contribution in [3.63, 3.8) is 0 Å². The largest absolute Gasteiger partial charge is 0.378 e. The number of fused-ring (bicyclic) bond motifs is 1. The zero-order valence-corrected chi connectivity index (χ0v) is 14.2. The van der Waals surface area contributed by atoms with Crippen molar-refractivity contribution in [2.75, 3.05) is 11.9 Å². The van der Waals surface area contributed by atoms with Crippen LogP contribution in [0.3, 0.4) is 0 Å². The Morgan fingerprint density at radius 1 is 1.32 bits per heavy atom. The molecule has 0 saturated heterocycles. The molecular formula is C17H16N4O3S. The lowest BCUT2D eigenvalue weighted by Crippen LogP contribution is -2.15. The quantitative estimate of drug-likeness (QED) is 0.399. The van der Waals surface area contributed by atoms with Crippen molar-refractivity contribution < 1.29 is 4.92 Å². The SMILES string of the molecule is CC(CNc1cc2nc[nH]c(=O)c2cc1[N+](=O)[O-])Sc1ccccc1.